The van der Waals surface area contributed by atoms with E-state index in [1.54, 1.807) is 0 Å². The Morgan fingerprint density at radius 3 is 2.61 bits per heavy atom. The van der Waals surface area contributed by atoms with Gasteiger partial charge < -0.3 is 15.4 Å². The van der Waals surface area contributed by atoms with E-state index in [1.807, 2.05) is 0 Å². The lowest BCUT2D eigenvalue weighted by Gasteiger charge is -2.40. The Bertz CT molecular complexity index is 417. The number of hydrogen-bond donors (Lipinski definition) is 2. The van der Waals surface area contributed by atoms with Gasteiger partial charge in [0.15, 0.2) is 5.96 Å². The van der Waals surface area contributed by atoms with Gasteiger partial charge in [0.2, 0.25) is 0 Å². The van der Waals surface area contributed by atoms with Crippen LogP contribution in [0.15, 0.2) is 4.99 Å². The highest BCUT2D eigenvalue weighted by Crippen LogP contribution is 2.34. The molecule has 3 aliphatic heterocycles. The van der Waals surface area contributed by atoms with E-state index in [2.05, 4.69) is 36.3 Å². The summed E-state index contributed by atoms with van der Waals surface area (Å²) >= 11 is 0. The van der Waals surface area contributed by atoms with Crippen molar-refractivity contribution in [1.29, 1.82) is 0 Å². The third kappa shape index (κ3) is 4.18. The number of likely N-dealkylation sites (tertiary alicyclic amines) is 1. The highest BCUT2D eigenvalue weighted by molar-refractivity contribution is 5.80. The predicted molar refractivity (Wildman–Crippen MR) is 94.9 cm³/mol. The third-order valence-corrected chi connectivity index (χ3v) is 5.61. The van der Waals surface area contributed by atoms with Crippen molar-refractivity contribution in [2.75, 3.05) is 26.2 Å². The minimum absolute atomic E-state index is 0.133. The van der Waals surface area contributed by atoms with Crippen molar-refractivity contribution in [3.05, 3.63) is 0 Å². The highest BCUT2D eigenvalue weighted by atomic mass is 16.5. The molecule has 23 heavy (non-hydrogen) atoms. The van der Waals surface area contributed by atoms with E-state index in [1.165, 1.54) is 45.2 Å². The van der Waals surface area contributed by atoms with E-state index in [0.29, 0.717) is 18.2 Å². The summed E-state index contributed by atoms with van der Waals surface area (Å²) in [6.45, 7) is 10.9. The van der Waals surface area contributed by atoms with Gasteiger partial charge in [-0.2, -0.15) is 0 Å². The lowest BCUT2D eigenvalue weighted by Crippen LogP contribution is -2.51. The first kappa shape index (κ1) is 17.0. The van der Waals surface area contributed by atoms with Gasteiger partial charge in [-0.3, -0.25) is 9.89 Å². The zero-order valence-electron chi connectivity index (χ0n) is 15.1. The molecule has 0 aliphatic carbocycles. The Labute approximate surface area is 141 Å². The van der Waals surface area contributed by atoms with E-state index < -0.39 is 0 Å². The molecule has 132 valence electrons. The molecule has 2 N–H and O–H groups in total. The SMILES string of the molecule is CCNC(=NCC(C)(C)N1CCCCC1)NC1CC2CCC1O2. The van der Waals surface area contributed by atoms with Crippen molar-refractivity contribution < 1.29 is 4.74 Å². The summed E-state index contributed by atoms with van der Waals surface area (Å²) in [5, 5.41) is 7.03. The molecule has 0 amide bonds. The molecule has 3 atom stereocenters. The van der Waals surface area contributed by atoms with Gasteiger partial charge in [-0.25, -0.2) is 0 Å². The monoisotopic (exact) mass is 322 g/mol. The molecule has 0 aromatic rings. The quantitative estimate of drug-likeness (QED) is 0.601. The molecular weight excluding hydrogens is 288 g/mol. The molecule has 3 saturated heterocycles. The van der Waals surface area contributed by atoms with Crippen molar-refractivity contribution in [1.82, 2.24) is 15.5 Å². The second-order valence-corrected chi connectivity index (χ2v) is 7.92. The summed E-state index contributed by atoms with van der Waals surface area (Å²) in [4.78, 5) is 7.51. The fourth-order valence-electron chi connectivity index (χ4n) is 4.16. The molecule has 0 aromatic heterocycles. The molecule has 0 radical (unpaired) electrons. The van der Waals surface area contributed by atoms with E-state index in [4.69, 9.17) is 9.73 Å². The molecule has 3 fully saturated rings. The zero-order valence-corrected chi connectivity index (χ0v) is 15.1. The lowest BCUT2D eigenvalue weighted by molar-refractivity contribution is 0.0988. The van der Waals surface area contributed by atoms with Crippen LogP contribution in [0.2, 0.25) is 0 Å². The van der Waals surface area contributed by atoms with Gasteiger partial charge in [-0.15, -0.1) is 0 Å². The smallest absolute Gasteiger partial charge is 0.191 e. The van der Waals surface area contributed by atoms with Gasteiger partial charge in [0.1, 0.15) is 0 Å². The van der Waals surface area contributed by atoms with Gasteiger partial charge in [0.05, 0.1) is 24.8 Å². The molecule has 3 aliphatic rings. The molecule has 5 nitrogen and oxygen atoms in total. The first-order valence-corrected chi connectivity index (χ1v) is 9.54. The van der Waals surface area contributed by atoms with Gasteiger partial charge >= 0.3 is 0 Å². The van der Waals surface area contributed by atoms with Crippen molar-refractivity contribution in [3.8, 4) is 0 Å². The van der Waals surface area contributed by atoms with Crippen LogP contribution >= 0.6 is 0 Å². The Hall–Kier alpha value is -0.810. The van der Waals surface area contributed by atoms with E-state index in [0.717, 1.165) is 25.5 Å². The topological polar surface area (TPSA) is 48.9 Å². The molecule has 3 heterocycles. The van der Waals surface area contributed by atoms with Gasteiger partial charge in [0.25, 0.3) is 0 Å². The first-order valence-electron chi connectivity index (χ1n) is 9.54. The molecule has 0 spiro atoms. The van der Waals surface area contributed by atoms with Gasteiger partial charge in [-0.1, -0.05) is 6.42 Å². The normalized spacial score (nSPS) is 32.3. The minimum Gasteiger partial charge on any atom is -0.373 e. The second-order valence-electron chi connectivity index (χ2n) is 7.92. The second kappa shape index (κ2) is 7.39. The van der Waals surface area contributed by atoms with Crippen LogP contribution in [-0.2, 0) is 4.74 Å². The van der Waals surface area contributed by atoms with Gasteiger partial charge in [0, 0.05) is 12.1 Å². The number of hydrogen-bond acceptors (Lipinski definition) is 3. The van der Waals surface area contributed by atoms with Crippen LogP contribution in [0, 0.1) is 0 Å². The number of guanidine groups is 1. The molecule has 5 heteroatoms. The van der Waals surface area contributed by atoms with Crippen LogP contribution < -0.4 is 10.6 Å². The predicted octanol–water partition coefficient (Wildman–Crippen LogP) is 2.13. The van der Waals surface area contributed by atoms with Crippen LogP contribution in [0.3, 0.4) is 0 Å². The summed E-state index contributed by atoms with van der Waals surface area (Å²) in [7, 11) is 0. The number of rotatable bonds is 5. The number of nitrogens with zero attached hydrogens (tertiary/aromatic N) is 2. The van der Waals surface area contributed by atoms with E-state index in [-0.39, 0.29) is 5.54 Å². The Kier molecular flexibility index (Phi) is 5.47. The summed E-state index contributed by atoms with van der Waals surface area (Å²) in [5.41, 5.74) is 0.133. The van der Waals surface area contributed by atoms with Crippen molar-refractivity contribution in [2.45, 2.75) is 83.1 Å². The zero-order chi connectivity index (χ0) is 16.3. The number of piperidine rings is 1. The summed E-state index contributed by atoms with van der Waals surface area (Å²) in [5.74, 6) is 0.957. The fraction of sp³-hybridized carbons (Fsp3) is 0.944. The average molecular weight is 322 g/mol. The number of nitrogens with one attached hydrogen (secondary N) is 2. The maximum Gasteiger partial charge on any atom is 0.191 e. The molecule has 0 saturated carbocycles. The average Bonchev–Trinajstić information content (AvgIpc) is 3.17. The first-order chi connectivity index (χ1) is 11.1. The summed E-state index contributed by atoms with van der Waals surface area (Å²) in [6, 6.07) is 0.435. The van der Waals surface area contributed by atoms with E-state index >= 15 is 0 Å². The summed E-state index contributed by atoms with van der Waals surface area (Å²) in [6.07, 6.45) is 8.46. The third-order valence-electron chi connectivity index (χ3n) is 5.61. The molecule has 2 bridgehead atoms. The number of ether oxygens (including phenoxy) is 1. The van der Waals surface area contributed by atoms with Crippen molar-refractivity contribution >= 4 is 5.96 Å². The van der Waals surface area contributed by atoms with Crippen LogP contribution in [0.25, 0.3) is 0 Å². The Morgan fingerprint density at radius 2 is 2.00 bits per heavy atom. The van der Waals surface area contributed by atoms with Crippen molar-refractivity contribution in [3.63, 3.8) is 0 Å². The lowest BCUT2D eigenvalue weighted by atomic mass is 9.96. The Balaban J connectivity index is 1.57. The maximum absolute atomic E-state index is 5.95. The molecule has 3 rings (SSSR count). The molecule has 0 aromatic carbocycles. The Morgan fingerprint density at radius 1 is 1.22 bits per heavy atom. The van der Waals surface area contributed by atoms with Crippen molar-refractivity contribution in [2.24, 2.45) is 4.99 Å². The highest BCUT2D eigenvalue weighted by Gasteiger charge is 2.41. The maximum atomic E-state index is 5.95. The summed E-state index contributed by atoms with van der Waals surface area (Å²) < 4.78 is 5.95. The number of fused-ring (bicyclic) bond motifs is 2. The fourth-order valence-corrected chi connectivity index (χ4v) is 4.16. The van der Waals surface area contributed by atoms with Crippen LogP contribution in [0.5, 0.6) is 0 Å². The van der Waals surface area contributed by atoms with Gasteiger partial charge in [-0.05, 0) is 66.0 Å². The van der Waals surface area contributed by atoms with Crippen LogP contribution in [0.1, 0.15) is 59.3 Å². The van der Waals surface area contributed by atoms with Crippen LogP contribution in [0.4, 0.5) is 0 Å². The van der Waals surface area contributed by atoms with Crippen LogP contribution in [-0.4, -0.2) is 60.8 Å². The minimum atomic E-state index is 0.133. The number of aliphatic imine (C=N–C) groups is 1. The molecular formula is C18H34N4O. The standard InChI is InChI=1S/C18H34N4O/c1-4-19-17(21-15-12-14-8-9-16(15)23-14)20-13-18(2,3)22-10-6-5-7-11-22/h14-16H,4-13H2,1-3H3,(H2,19,20,21). The van der Waals surface area contributed by atoms with E-state index in [9.17, 15) is 0 Å². The molecule has 3 unspecified atom stereocenters. The largest absolute Gasteiger partial charge is 0.373 e.